The van der Waals surface area contributed by atoms with Crippen LogP contribution in [0.4, 0.5) is 0 Å². The van der Waals surface area contributed by atoms with Gasteiger partial charge in [0.05, 0.1) is 6.54 Å². The first-order chi connectivity index (χ1) is 7.63. The molecule has 5 heteroatoms. The Hall–Kier alpha value is -1.19. The maximum absolute atomic E-state index is 5.99. The molecule has 0 spiro atoms. The largest absolute Gasteiger partial charge is 0.370 e. The van der Waals surface area contributed by atoms with Crippen molar-refractivity contribution in [2.24, 2.45) is 10.7 Å². The zero-order valence-electron chi connectivity index (χ0n) is 8.71. The van der Waals surface area contributed by atoms with E-state index in [1.807, 2.05) is 6.07 Å². The average Bonchev–Trinajstić information content (AvgIpc) is 2.25. The summed E-state index contributed by atoms with van der Waals surface area (Å²) in [6, 6.07) is 5.28. The van der Waals surface area contributed by atoms with Gasteiger partial charge in [-0.05, 0) is 17.7 Å². The molecule has 0 amide bonds. The van der Waals surface area contributed by atoms with E-state index in [-0.39, 0.29) is 0 Å². The summed E-state index contributed by atoms with van der Waals surface area (Å²) in [5.41, 5.74) is 6.49. The molecule has 0 saturated heterocycles. The molecule has 1 aromatic rings. The summed E-state index contributed by atoms with van der Waals surface area (Å²) in [5.74, 6) is 0.367. The molecule has 0 atom stereocenters. The van der Waals surface area contributed by atoms with Crippen LogP contribution in [0.25, 0.3) is 0 Å². The van der Waals surface area contributed by atoms with Gasteiger partial charge < -0.3 is 11.1 Å². The van der Waals surface area contributed by atoms with Crippen LogP contribution >= 0.6 is 23.2 Å². The molecular weight excluding hydrogens is 245 g/mol. The summed E-state index contributed by atoms with van der Waals surface area (Å²) in [6.07, 6.45) is 1.71. The predicted molar refractivity (Wildman–Crippen MR) is 70.0 cm³/mol. The molecule has 1 rings (SSSR count). The Labute approximate surface area is 105 Å². The van der Waals surface area contributed by atoms with Crippen molar-refractivity contribution in [3.63, 3.8) is 0 Å². The third-order valence-corrected chi connectivity index (χ3v) is 2.45. The van der Waals surface area contributed by atoms with E-state index in [2.05, 4.69) is 16.9 Å². The van der Waals surface area contributed by atoms with Crippen LogP contribution in [0, 0.1) is 0 Å². The van der Waals surface area contributed by atoms with Crippen LogP contribution in [0.5, 0.6) is 0 Å². The highest BCUT2D eigenvalue weighted by Gasteiger charge is 2.00. The summed E-state index contributed by atoms with van der Waals surface area (Å²) in [7, 11) is 0. The Morgan fingerprint density at radius 3 is 2.88 bits per heavy atom. The van der Waals surface area contributed by atoms with Gasteiger partial charge in [0.2, 0.25) is 0 Å². The van der Waals surface area contributed by atoms with Crippen molar-refractivity contribution in [3.8, 4) is 0 Å². The second-order valence-electron chi connectivity index (χ2n) is 3.11. The van der Waals surface area contributed by atoms with E-state index in [0.717, 1.165) is 5.56 Å². The number of nitrogens with one attached hydrogen (secondary N) is 1. The van der Waals surface area contributed by atoms with E-state index in [9.17, 15) is 0 Å². The third-order valence-electron chi connectivity index (χ3n) is 1.86. The Morgan fingerprint density at radius 1 is 1.50 bits per heavy atom. The fraction of sp³-hybridized carbons (Fsp3) is 0.182. The Bertz CT molecular complexity index is 402. The summed E-state index contributed by atoms with van der Waals surface area (Å²) < 4.78 is 0. The number of nitrogens with two attached hydrogens (primary N) is 1. The van der Waals surface area contributed by atoms with Crippen molar-refractivity contribution in [1.29, 1.82) is 0 Å². The van der Waals surface area contributed by atoms with Crippen LogP contribution in [0.1, 0.15) is 5.56 Å². The van der Waals surface area contributed by atoms with Gasteiger partial charge in [-0.2, -0.15) is 0 Å². The van der Waals surface area contributed by atoms with Gasteiger partial charge in [0.15, 0.2) is 5.96 Å². The van der Waals surface area contributed by atoms with E-state index < -0.39 is 0 Å². The fourth-order valence-electron chi connectivity index (χ4n) is 1.05. The topological polar surface area (TPSA) is 50.4 Å². The molecule has 0 aromatic heterocycles. The fourth-order valence-corrected chi connectivity index (χ4v) is 1.52. The zero-order chi connectivity index (χ0) is 12.0. The summed E-state index contributed by atoms with van der Waals surface area (Å²) in [4.78, 5) is 4.13. The number of nitrogens with zero attached hydrogens (tertiary/aromatic N) is 1. The maximum Gasteiger partial charge on any atom is 0.189 e. The van der Waals surface area contributed by atoms with Crippen LogP contribution in [0.2, 0.25) is 10.0 Å². The molecule has 0 aliphatic rings. The van der Waals surface area contributed by atoms with Crippen LogP contribution in [-0.4, -0.2) is 12.5 Å². The molecule has 0 saturated carbocycles. The van der Waals surface area contributed by atoms with E-state index >= 15 is 0 Å². The lowest BCUT2D eigenvalue weighted by Crippen LogP contribution is -2.31. The molecule has 3 N–H and O–H groups in total. The lowest BCUT2D eigenvalue weighted by molar-refractivity contribution is 0.970. The predicted octanol–water partition coefficient (Wildman–Crippen LogP) is 2.58. The molecule has 0 radical (unpaired) electrons. The lowest BCUT2D eigenvalue weighted by Gasteiger charge is -2.04. The van der Waals surface area contributed by atoms with Crippen LogP contribution < -0.4 is 11.1 Å². The Morgan fingerprint density at radius 2 is 2.25 bits per heavy atom. The third kappa shape index (κ3) is 4.13. The van der Waals surface area contributed by atoms with Crippen molar-refractivity contribution < 1.29 is 0 Å². The molecule has 0 bridgehead atoms. The van der Waals surface area contributed by atoms with Gasteiger partial charge in [-0.15, -0.1) is 6.58 Å². The quantitative estimate of drug-likeness (QED) is 0.495. The highest BCUT2D eigenvalue weighted by atomic mass is 35.5. The molecule has 16 heavy (non-hydrogen) atoms. The second-order valence-corrected chi connectivity index (χ2v) is 3.95. The number of halogens is 2. The normalized spacial score (nSPS) is 11.2. The van der Waals surface area contributed by atoms with Crippen molar-refractivity contribution >= 4 is 29.2 Å². The van der Waals surface area contributed by atoms with Gasteiger partial charge in [0, 0.05) is 16.6 Å². The molecule has 0 heterocycles. The van der Waals surface area contributed by atoms with E-state index in [1.54, 1.807) is 18.2 Å². The lowest BCUT2D eigenvalue weighted by atomic mass is 10.2. The van der Waals surface area contributed by atoms with Crippen LogP contribution in [0.15, 0.2) is 35.8 Å². The van der Waals surface area contributed by atoms with Gasteiger partial charge in [0.25, 0.3) is 0 Å². The van der Waals surface area contributed by atoms with E-state index in [4.69, 9.17) is 28.9 Å². The highest BCUT2D eigenvalue weighted by molar-refractivity contribution is 6.35. The molecule has 0 aliphatic carbocycles. The van der Waals surface area contributed by atoms with Crippen LogP contribution in [0.3, 0.4) is 0 Å². The number of hydrogen-bond donors (Lipinski definition) is 2. The first kappa shape index (κ1) is 12.9. The van der Waals surface area contributed by atoms with E-state index in [0.29, 0.717) is 29.1 Å². The smallest absolute Gasteiger partial charge is 0.189 e. The maximum atomic E-state index is 5.99. The van der Waals surface area contributed by atoms with Crippen molar-refractivity contribution in [3.05, 3.63) is 46.5 Å². The molecule has 0 aliphatic heterocycles. The highest BCUT2D eigenvalue weighted by Crippen LogP contribution is 2.21. The standard InChI is InChI=1S/C11H13Cl2N3/c1-2-5-15-11(14)16-7-8-3-4-9(12)6-10(8)13/h2-4,6H,1,5,7H2,(H3,14,15,16). The minimum Gasteiger partial charge on any atom is -0.370 e. The van der Waals surface area contributed by atoms with E-state index in [1.165, 1.54) is 0 Å². The first-order valence-electron chi connectivity index (χ1n) is 4.72. The van der Waals surface area contributed by atoms with Gasteiger partial charge in [0.1, 0.15) is 0 Å². The summed E-state index contributed by atoms with van der Waals surface area (Å²) in [6.45, 7) is 4.58. The van der Waals surface area contributed by atoms with Crippen molar-refractivity contribution in [2.75, 3.05) is 6.54 Å². The first-order valence-corrected chi connectivity index (χ1v) is 5.47. The Kier molecular flexibility index (Phi) is 5.15. The molecule has 0 unspecified atom stereocenters. The Balaban J connectivity index is 2.63. The number of guanidine groups is 1. The summed E-state index contributed by atoms with van der Waals surface area (Å²) >= 11 is 11.8. The molecular formula is C11H13Cl2N3. The molecule has 0 fully saturated rings. The van der Waals surface area contributed by atoms with Gasteiger partial charge in [-0.25, -0.2) is 4.99 Å². The monoisotopic (exact) mass is 257 g/mol. The molecule has 86 valence electrons. The number of aliphatic imine (C=N–C) groups is 1. The number of hydrogen-bond acceptors (Lipinski definition) is 1. The van der Waals surface area contributed by atoms with Gasteiger partial charge >= 0.3 is 0 Å². The van der Waals surface area contributed by atoms with Gasteiger partial charge in [-0.3, -0.25) is 0 Å². The minimum absolute atomic E-state index is 0.367. The minimum atomic E-state index is 0.367. The van der Waals surface area contributed by atoms with Crippen LogP contribution in [-0.2, 0) is 6.54 Å². The molecule has 3 nitrogen and oxygen atoms in total. The second kappa shape index (κ2) is 6.40. The van der Waals surface area contributed by atoms with Crippen molar-refractivity contribution in [2.45, 2.75) is 6.54 Å². The van der Waals surface area contributed by atoms with Crippen molar-refractivity contribution in [1.82, 2.24) is 5.32 Å². The summed E-state index contributed by atoms with van der Waals surface area (Å²) in [5, 5.41) is 4.07. The molecule has 1 aromatic carbocycles. The van der Waals surface area contributed by atoms with Gasteiger partial charge in [-0.1, -0.05) is 35.3 Å². The number of benzene rings is 1. The average molecular weight is 258 g/mol. The SMILES string of the molecule is C=CCNC(N)=NCc1ccc(Cl)cc1Cl. The number of rotatable bonds is 4. The zero-order valence-corrected chi connectivity index (χ0v) is 10.2.